The lowest BCUT2D eigenvalue weighted by molar-refractivity contribution is 0.246. The number of rotatable bonds is 1. The molecule has 0 aliphatic carbocycles. The lowest BCUT2D eigenvalue weighted by atomic mass is 10.2. The SMILES string of the molecule is CNc1cc2c(cn1)CNC(=O)N2C. The number of urea groups is 1. The number of carbonyl (C=O) groups is 1. The number of hydrogen-bond donors (Lipinski definition) is 2. The van der Waals surface area contributed by atoms with Crippen molar-refractivity contribution in [3.05, 3.63) is 17.8 Å². The zero-order valence-electron chi connectivity index (χ0n) is 8.16. The maximum Gasteiger partial charge on any atom is 0.321 e. The van der Waals surface area contributed by atoms with Crippen molar-refractivity contribution < 1.29 is 4.79 Å². The van der Waals surface area contributed by atoms with Gasteiger partial charge in [0.1, 0.15) is 5.82 Å². The van der Waals surface area contributed by atoms with E-state index in [0.29, 0.717) is 6.54 Å². The largest absolute Gasteiger partial charge is 0.373 e. The highest BCUT2D eigenvalue weighted by atomic mass is 16.2. The van der Waals surface area contributed by atoms with Gasteiger partial charge in [0.05, 0.1) is 5.69 Å². The Kier molecular flexibility index (Phi) is 1.99. The van der Waals surface area contributed by atoms with Crippen LogP contribution < -0.4 is 15.5 Å². The van der Waals surface area contributed by atoms with Gasteiger partial charge in [-0.25, -0.2) is 9.78 Å². The molecule has 2 N–H and O–H groups in total. The molecule has 0 atom stereocenters. The minimum Gasteiger partial charge on any atom is -0.373 e. The van der Waals surface area contributed by atoms with Crippen molar-refractivity contribution in [2.24, 2.45) is 0 Å². The van der Waals surface area contributed by atoms with Crippen LogP contribution in [0.2, 0.25) is 0 Å². The van der Waals surface area contributed by atoms with E-state index in [4.69, 9.17) is 0 Å². The molecule has 2 rings (SSSR count). The van der Waals surface area contributed by atoms with Gasteiger partial charge in [0, 0.05) is 38.5 Å². The molecule has 0 bridgehead atoms. The first-order valence-corrected chi connectivity index (χ1v) is 4.40. The maximum absolute atomic E-state index is 11.3. The van der Waals surface area contributed by atoms with Crippen molar-refractivity contribution >= 4 is 17.5 Å². The summed E-state index contributed by atoms with van der Waals surface area (Å²) < 4.78 is 0. The summed E-state index contributed by atoms with van der Waals surface area (Å²) in [4.78, 5) is 17.1. The zero-order chi connectivity index (χ0) is 10.1. The fourth-order valence-corrected chi connectivity index (χ4v) is 1.46. The van der Waals surface area contributed by atoms with Crippen molar-refractivity contribution in [2.45, 2.75) is 6.54 Å². The van der Waals surface area contributed by atoms with Crippen LogP contribution in [0.25, 0.3) is 0 Å². The van der Waals surface area contributed by atoms with Crippen LogP contribution in [0.15, 0.2) is 12.3 Å². The van der Waals surface area contributed by atoms with Crippen molar-refractivity contribution in [3.8, 4) is 0 Å². The number of amides is 2. The molecule has 0 spiro atoms. The molecule has 0 saturated heterocycles. The number of carbonyl (C=O) groups excluding carboxylic acids is 1. The number of nitrogens with zero attached hydrogens (tertiary/aromatic N) is 2. The van der Waals surface area contributed by atoms with Gasteiger partial charge < -0.3 is 10.6 Å². The Bertz CT molecular complexity index is 377. The third-order valence-corrected chi connectivity index (χ3v) is 2.31. The molecule has 1 aliphatic rings. The Morgan fingerprint density at radius 2 is 2.43 bits per heavy atom. The summed E-state index contributed by atoms with van der Waals surface area (Å²) in [5.74, 6) is 0.769. The first-order valence-electron chi connectivity index (χ1n) is 4.40. The van der Waals surface area contributed by atoms with E-state index in [9.17, 15) is 4.79 Å². The molecule has 5 heteroatoms. The minimum absolute atomic E-state index is 0.0780. The number of hydrogen-bond acceptors (Lipinski definition) is 3. The van der Waals surface area contributed by atoms with E-state index >= 15 is 0 Å². The van der Waals surface area contributed by atoms with Crippen LogP contribution in [0, 0.1) is 0 Å². The molecule has 1 aromatic rings. The van der Waals surface area contributed by atoms with Crippen LogP contribution in [0.4, 0.5) is 16.3 Å². The van der Waals surface area contributed by atoms with E-state index in [1.54, 1.807) is 25.2 Å². The lowest BCUT2D eigenvalue weighted by Crippen LogP contribution is -2.41. The van der Waals surface area contributed by atoms with E-state index < -0.39 is 0 Å². The Morgan fingerprint density at radius 1 is 1.64 bits per heavy atom. The van der Waals surface area contributed by atoms with Gasteiger partial charge in [-0.2, -0.15) is 0 Å². The average molecular weight is 192 g/mol. The van der Waals surface area contributed by atoms with E-state index in [1.807, 2.05) is 6.07 Å². The van der Waals surface area contributed by atoms with Crippen molar-refractivity contribution in [3.63, 3.8) is 0 Å². The highest BCUT2D eigenvalue weighted by molar-refractivity contribution is 5.94. The third kappa shape index (κ3) is 1.26. The number of anilines is 2. The molecule has 0 aromatic carbocycles. The van der Waals surface area contributed by atoms with Gasteiger partial charge >= 0.3 is 6.03 Å². The summed E-state index contributed by atoms with van der Waals surface area (Å²) in [6.07, 6.45) is 1.77. The molecule has 1 aromatic heterocycles. The summed E-state index contributed by atoms with van der Waals surface area (Å²) in [6, 6.07) is 1.79. The standard InChI is InChI=1S/C9H12N4O/c1-10-8-3-7-6(4-11-8)5-12-9(14)13(7)2/h3-4H,5H2,1-2H3,(H,10,11)(H,12,14). The highest BCUT2D eigenvalue weighted by Crippen LogP contribution is 2.24. The highest BCUT2D eigenvalue weighted by Gasteiger charge is 2.20. The lowest BCUT2D eigenvalue weighted by Gasteiger charge is -2.26. The smallest absolute Gasteiger partial charge is 0.321 e. The molecule has 1 aliphatic heterocycles. The van der Waals surface area contributed by atoms with Crippen LogP contribution in [-0.2, 0) is 6.54 Å². The van der Waals surface area contributed by atoms with Crippen LogP contribution in [0.3, 0.4) is 0 Å². The Hall–Kier alpha value is -1.78. The van der Waals surface area contributed by atoms with Crippen LogP contribution in [-0.4, -0.2) is 25.1 Å². The van der Waals surface area contributed by atoms with Gasteiger partial charge in [-0.15, -0.1) is 0 Å². The first-order chi connectivity index (χ1) is 6.72. The molecule has 0 radical (unpaired) electrons. The molecular formula is C9H12N4O. The second-order valence-corrected chi connectivity index (χ2v) is 3.17. The molecule has 0 saturated carbocycles. The topological polar surface area (TPSA) is 57.3 Å². The third-order valence-electron chi connectivity index (χ3n) is 2.31. The summed E-state index contributed by atoms with van der Waals surface area (Å²) in [5, 5.41) is 5.70. The molecule has 5 nitrogen and oxygen atoms in total. The van der Waals surface area contributed by atoms with E-state index in [0.717, 1.165) is 17.1 Å². The zero-order valence-corrected chi connectivity index (χ0v) is 8.16. The number of fused-ring (bicyclic) bond motifs is 1. The number of pyridine rings is 1. The predicted molar refractivity (Wildman–Crippen MR) is 54.4 cm³/mol. The maximum atomic E-state index is 11.3. The second-order valence-electron chi connectivity index (χ2n) is 3.17. The normalized spacial score (nSPS) is 14.7. The van der Waals surface area contributed by atoms with Crippen LogP contribution >= 0.6 is 0 Å². The number of aromatic nitrogens is 1. The predicted octanol–water partition coefficient (Wildman–Crippen LogP) is 0.783. The monoisotopic (exact) mass is 192 g/mol. The Morgan fingerprint density at radius 3 is 3.14 bits per heavy atom. The summed E-state index contributed by atoms with van der Waals surface area (Å²) >= 11 is 0. The summed E-state index contributed by atoms with van der Waals surface area (Å²) in [7, 11) is 3.55. The molecule has 0 fully saturated rings. The van der Waals surface area contributed by atoms with E-state index in [1.165, 1.54) is 0 Å². The van der Waals surface area contributed by atoms with Crippen LogP contribution in [0.1, 0.15) is 5.56 Å². The van der Waals surface area contributed by atoms with Gasteiger partial charge in [0.25, 0.3) is 0 Å². The summed E-state index contributed by atoms with van der Waals surface area (Å²) in [6.45, 7) is 0.551. The first kappa shape index (κ1) is 8.80. The van der Waals surface area contributed by atoms with Crippen molar-refractivity contribution in [2.75, 3.05) is 24.3 Å². The minimum atomic E-state index is -0.0780. The summed E-state index contributed by atoms with van der Waals surface area (Å²) in [5.41, 5.74) is 1.94. The second kappa shape index (κ2) is 3.17. The molecule has 0 unspecified atom stereocenters. The van der Waals surface area contributed by atoms with Crippen LogP contribution in [0.5, 0.6) is 0 Å². The fourth-order valence-electron chi connectivity index (χ4n) is 1.46. The van der Waals surface area contributed by atoms with E-state index in [2.05, 4.69) is 15.6 Å². The molecular weight excluding hydrogens is 180 g/mol. The molecule has 74 valence electrons. The quantitative estimate of drug-likeness (QED) is 0.691. The molecule has 2 amide bonds. The Labute approximate surface area is 82.1 Å². The van der Waals surface area contributed by atoms with Gasteiger partial charge in [0.15, 0.2) is 0 Å². The van der Waals surface area contributed by atoms with Gasteiger partial charge in [-0.1, -0.05) is 0 Å². The van der Waals surface area contributed by atoms with Crippen molar-refractivity contribution in [1.29, 1.82) is 0 Å². The Balaban J connectivity index is 2.46. The van der Waals surface area contributed by atoms with Gasteiger partial charge in [-0.3, -0.25) is 4.90 Å². The van der Waals surface area contributed by atoms with Crippen molar-refractivity contribution in [1.82, 2.24) is 10.3 Å². The molecule has 14 heavy (non-hydrogen) atoms. The van der Waals surface area contributed by atoms with Gasteiger partial charge in [0.2, 0.25) is 0 Å². The molecule has 2 heterocycles. The fraction of sp³-hybridized carbons (Fsp3) is 0.333. The van der Waals surface area contributed by atoms with Gasteiger partial charge in [-0.05, 0) is 0 Å². The number of nitrogens with one attached hydrogen (secondary N) is 2. The average Bonchev–Trinajstić information content (AvgIpc) is 2.23. The van der Waals surface area contributed by atoms with E-state index in [-0.39, 0.29) is 6.03 Å².